The lowest BCUT2D eigenvalue weighted by Gasteiger charge is -2.12. The monoisotopic (exact) mass is 453 g/mol. The number of anilines is 1. The van der Waals surface area contributed by atoms with Crippen LogP contribution >= 0.6 is 31.9 Å². The van der Waals surface area contributed by atoms with E-state index in [2.05, 4.69) is 37.2 Å². The van der Waals surface area contributed by atoms with E-state index in [0.29, 0.717) is 16.0 Å². The fraction of sp³-hybridized carbons (Fsp3) is 0.167. The number of carbonyl (C=O) groups excluding carboxylic acids is 1. The Labute approximate surface area is 158 Å². The fourth-order valence-corrected chi connectivity index (χ4v) is 3.55. The fourth-order valence-electron chi connectivity index (χ4n) is 2.04. The summed E-state index contributed by atoms with van der Waals surface area (Å²) < 4.78 is 12.1. The van der Waals surface area contributed by atoms with E-state index in [9.17, 15) is 4.79 Å². The van der Waals surface area contributed by atoms with E-state index < -0.39 is 0 Å². The topological polar surface area (TPSA) is 47.6 Å². The van der Waals surface area contributed by atoms with Gasteiger partial charge in [0.25, 0.3) is 0 Å². The molecule has 0 radical (unpaired) electrons. The molecule has 0 spiro atoms. The predicted octanol–water partition coefficient (Wildman–Crippen LogP) is 5.19. The van der Waals surface area contributed by atoms with Crippen LogP contribution in [0.5, 0.6) is 11.5 Å². The molecule has 0 aliphatic rings. The van der Waals surface area contributed by atoms with Gasteiger partial charge in [-0.05, 0) is 68.6 Å². The van der Waals surface area contributed by atoms with Gasteiger partial charge in [0, 0.05) is 11.8 Å². The predicted molar refractivity (Wildman–Crippen MR) is 104 cm³/mol. The van der Waals surface area contributed by atoms with Gasteiger partial charge in [0.2, 0.25) is 5.91 Å². The average Bonchev–Trinajstić information content (AvgIpc) is 2.57. The van der Waals surface area contributed by atoms with E-state index in [1.165, 1.54) is 6.08 Å². The molecule has 0 aliphatic heterocycles. The van der Waals surface area contributed by atoms with Crippen LogP contribution in [0.1, 0.15) is 11.1 Å². The Balaban J connectivity index is 2.21. The number of benzene rings is 2. The summed E-state index contributed by atoms with van der Waals surface area (Å²) in [6, 6.07) is 9.43. The first-order valence-corrected chi connectivity index (χ1v) is 8.70. The first-order valence-electron chi connectivity index (χ1n) is 7.12. The number of ether oxygens (including phenoxy) is 2. The van der Waals surface area contributed by atoms with Crippen molar-refractivity contribution in [3.63, 3.8) is 0 Å². The number of carbonyl (C=O) groups is 1. The Bertz CT molecular complexity index is 771. The van der Waals surface area contributed by atoms with E-state index in [1.807, 2.05) is 37.3 Å². The average molecular weight is 455 g/mol. The number of amides is 1. The molecule has 0 heterocycles. The summed E-state index contributed by atoms with van der Waals surface area (Å²) in [4.78, 5) is 12.1. The van der Waals surface area contributed by atoms with Crippen LogP contribution in [-0.4, -0.2) is 20.1 Å². The number of nitrogens with one attached hydrogen (secondary N) is 1. The van der Waals surface area contributed by atoms with E-state index in [-0.39, 0.29) is 5.91 Å². The third-order valence-corrected chi connectivity index (χ3v) is 4.88. The zero-order chi connectivity index (χ0) is 17.7. The molecular formula is C18H17Br2NO3. The van der Waals surface area contributed by atoms with Crippen molar-refractivity contribution in [2.24, 2.45) is 0 Å². The Hall–Kier alpha value is -1.79. The molecule has 2 rings (SSSR count). The second kappa shape index (κ2) is 8.35. The van der Waals surface area contributed by atoms with Crippen molar-refractivity contribution in [3.05, 3.63) is 56.5 Å². The second-order valence-electron chi connectivity index (χ2n) is 5.02. The Morgan fingerprint density at radius 2 is 1.75 bits per heavy atom. The summed E-state index contributed by atoms with van der Waals surface area (Å²) in [7, 11) is 3.15. The van der Waals surface area contributed by atoms with Gasteiger partial charge < -0.3 is 14.8 Å². The maximum atomic E-state index is 12.1. The van der Waals surface area contributed by atoms with Gasteiger partial charge >= 0.3 is 0 Å². The first-order chi connectivity index (χ1) is 11.5. The highest BCUT2D eigenvalue weighted by Crippen LogP contribution is 2.42. The summed E-state index contributed by atoms with van der Waals surface area (Å²) in [5, 5.41) is 2.81. The molecule has 1 N–H and O–H groups in total. The van der Waals surface area contributed by atoms with E-state index in [4.69, 9.17) is 9.47 Å². The van der Waals surface area contributed by atoms with Crippen molar-refractivity contribution in [2.75, 3.05) is 19.5 Å². The van der Waals surface area contributed by atoms with Crippen molar-refractivity contribution < 1.29 is 14.3 Å². The number of hydrogen-bond acceptors (Lipinski definition) is 3. The zero-order valence-corrected chi connectivity index (χ0v) is 16.7. The molecule has 0 fully saturated rings. The molecule has 6 heteroatoms. The highest BCUT2D eigenvalue weighted by atomic mass is 79.9. The SMILES string of the molecule is COc1cc(/C=C/C(=O)Nc2ccc(C)cc2)c(Br)c(OC)c1Br. The first kappa shape index (κ1) is 18.5. The number of methoxy groups -OCH3 is 2. The molecule has 1 amide bonds. The van der Waals surface area contributed by atoms with Crippen LogP contribution in [0, 0.1) is 6.92 Å². The summed E-state index contributed by atoms with van der Waals surface area (Å²) in [5.74, 6) is 1.01. The van der Waals surface area contributed by atoms with Crippen LogP contribution < -0.4 is 14.8 Å². The Morgan fingerprint density at radius 1 is 1.08 bits per heavy atom. The molecule has 126 valence electrons. The zero-order valence-electron chi connectivity index (χ0n) is 13.5. The standard InChI is InChI=1S/C18H17Br2NO3/c1-11-4-7-13(8-5-11)21-15(22)9-6-12-10-14(23-2)17(20)18(24-3)16(12)19/h4-10H,1-3H3,(H,21,22)/b9-6+. The van der Waals surface area contributed by atoms with Gasteiger partial charge in [-0.3, -0.25) is 4.79 Å². The van der Waals surface area contributed by atoms with Crippen LogP contribution in [0.4, 0.5) is 5.69 Å². The quantitative estimate of drug-likeness (QED) is 0.632. The van der Waals surface area contributed by atoms with Crippen molar-refractivity contribution in [1.82, 2.24) is 0 Å². The number of aryl methyl sites for hydroxylation is 1. The van der Waals surface area contributed by atoms with Gasteiger partial charge in [0.05, 0.1) is 18.7 Å². The van der Waals surface area contributed by atoms with E-state index in [1.54, 1.807) is 20.3 Å². The van der Waals surface area contributed by atoms with Crippen molar-refractivity contribution in [3.8, 4) is 11.5 Å². The molecule has 0 aromatic heterocycles. The Morgan fingerprint density at radius 3 is 2.33 bits per heavy atom. The molecule has 0 saturated carbocycles. The van der Waals surface area contributed by atoms with Gasteiger partial charge in [-0.15, -0.1) is 0 Å². The Kier molecular flexibility index (Phi) is 6.45. The largest absolute Gasteiger partial charge is 0.495 e. The normalized spacial score (nSPS) is 10.7. The van der Waals surface area contributed by atoms with Crippen LogP contribution in [0.25, 0.3) is 6.08 Å². The molecule has 0 bridgehead atoms. The number of rotatable bonds is 5. The van der Waals surface area contributed by atoms with Crippen molar-refractivity contribution in [1.29, 1.82) is 0 Å². The van der Waals surface area contributed by atoms with Crippen molar-refractivity contribution >= 4 is 49.5 Å². The van der Waals surface area contributed by atoms with Crippen LogP contribution in [-0.2, 0) is 4.79 Å². The van der Waals surface area contributed by atoms with E-state index in [0.717, 1.165) is 21.3 Å². The summed E-state index contributed by atoms with van der Waals surface area (Å²) in [5.41, 5.74) is 2.66. The molecular weight excluding hydrogens is 438 g/mol. The maximum absolute atomic E-state index is 12.1. The summed E-state index contributed by atoms with van der Waals surface area (Å²) in [6.45, 7) is 2.00. The molecule has 0 saturated heterocycles. The lowest BCUT2D eigenvalue weighted by Crippen LogP contribution is -2.07. The van der Waals surface area contributed by atoms with Crippen LogP contribution in [0.3, 0.4) is 0 Å². The van der Waals surface area contributed by atoms with E-state index >= 15 is 0 Å². The van der Waals surface area contributed by atoms with Gasteiger partial charge in [-0.25, -0.2) is 0 Å². The molecule has 24 heavy (non-hydrogen) atoms. The third kappa shape index (κ3) is 4.39. The van der Waals surface area contributed by atoms with Crippen LogP contribution in [0.15, 0.2) is 45.4 Å². The minimum Gasteiger partial charge on any atom is -0.495 e. The summed E-state index contributed by atoms with van der Waals surface area (Å²) in [6.07, 6.45) is 3.16. The van der Waals surface area contributed by atoms with Crippen LogP contribution in [0.2, 0.25) is 0 Å². The maximum Gasteiger partial charge on any atom is 0.248 e. The number of halogens is 2. The minimum atomic E-state index is -0.216. The second-order valence-corrected chi connectivity index (χ2v) is 6.60. The molecule has 0 atom stereocenters. The molecule has 4 nitrogen and oxygen atoms in total. The molecule has 0 aliphatic carbocycles. The minimum absolute atomic E-state index is 0.216. The van der Waals surface area contributed by atoms with Gasteiger partial charge in [0.15, 0.2) is 5.75 Å². The molecule has 2 aromatic carbocycles. The smallest absolute Gasteiger partial charge is 0.248 e. The lowest BCUT2D eigenvalue weighted by molar-refractivity contribution is -0.111. The van der Waals surface area contributed by atoms with Gasteiger partial charge in [0.1, 0.15) is 10.2 Å². The van der Waals surface area contributed by atoms with Gasteiger partial charge in [-0.1, -0.05) is 17.7 Å². The van der Waals surface area contributed by atoms with Crippen molar-refractivity contribution in [2.45, 2.75) is 6.92 Å². The van der Waals surface area contributed by atoms with Gasteiger partial charge in [-0.2, -0.15) is 0 Å². The molecule has 0 unspecified atom stereocenters. The molecule has 2 aromatic rings. The highest BCUT2D eigenvalue weighted by molar-refractivity contribution is 9.11. The number of hydrogen-bond donors (Lipinski definition) is 1. The summed E-state index contributed by atoms with van der Waals surface area (Å²) >= 11 is 6.92. The highest BCUT2D eigenvalue weighted by Gasteiger charge is 2.15. The third-order valence-electron chi connectivity index (χ3n) is 3.31. The lowest BCUT2D eigenvalue weighted by atomic mass is 10.2.